The van der Waals surface area contributed by atoms with E-state index in [1.165, 1.54) is 0 Å². The van der Waals surface area contributed by atoms with Crippen molar-refractivity contribution in [3.63, 3.8) is 0 Å². The Labute approximate surface area is 105 Å². The minimum absolute atomic E-state index is 0.402. The van der Waals surface area contributed by atoms with Gasteiger partial charge in [-0.2, -0.15) is 0 Å². The summed E-state index contributed by atoms with van der Waals surface area (Å²) in [5.74, 6) is -0.694. The van der Waals surface area contributed by atoms with Gasteiger partial charge in [-0.3, -0.25) is 9.69 Å². The van der Waals surface area contributed by atoms with E-state index in [2.05, 4.69) is 16.8 Å². The fraction of sp³-hybridized carbons (Fsp3) is 0.923. The van der Waals surface area contributed by atoms with Gasteiger partial charge >= 0.3 is 5.97 Å². The molecule has 0 amide bonds. The van der Waals surface area contributed by atoms with Gasteiger partial charge in [0.1, 0.15) is 5.54 Å². The molecular weight excluding hydrogens is 216 g/mol. The van der Waals surface area contributed by atoms with Gasteiger partial charge in [-0.25, -0.2) is 0 Å². The summed E-state index contributed by atoms with van der Waals surface area (Å²) >= 11 is 0. The van der Waals surface area contributed by atoms with Crippen molar-refractivity contribution in [2.75, 3.05) is 27.2 Å². The molecule has 0 radical (unpaired) electrons. The molecule has 1 fully saturated rings. The van der Waals surface area contributed by atoms with Gasteiger partial charge < -0.3 is 10.0 Å². The molecule has 100 valence electrons. The largest absolute Gasteiger partial charge is 0.480 e. The summed E-state index contributed by atoms with van der Waals surface area (Å²) in [4.78, 5) is 15.9. The first-order chi connectivity index (χ1) is 7.91. The van der Waals surface area contributed by atoms with E-state index < -0.39 is 11.5 Å². The third kappa shape index (κ3) is 3.19. The summed E-state index contributed by atoms with van der Waals surface area (Å²) in [6.45, 7) is 6.04. The van der Waals surface area contributed by atoms with Crippen LogP contribution in [0.15, 0.2) is 0 Å². The Morgan fingerprint density at radius 3 is 2.41 bits per heavy atom. The fourth-order valence-electron chi connectivity index (χ4n) is 2.71. The fourth-order valence-corrected chi connectivity index (χ4v) is 2.71. The van der Waals surface area contributed by atoms with Crippen molar-refractivity contribution in [1.82, 2.24) is 9.80 Å². The Balaban J connectivity index is 2.71. The van der Waals surface area contributed by atoms with E-state index in [1.54, 1.807) is 0 Å². The van der Waals surface area contributed by atoms with Crippen LogP contribution in [-0.2, 0) is 4.79 Å². The Bertz CT molecular complexity index is 262. The van der Waals surface area contributed by atoms with Crippen LogP contribution in [0.3, 0.4) is 0 Å². The summed E-state index contributed by atoms with van der Waals surface area (Å²) in [6.07, 6.45) is 3.75. The molecule has 0 aromatic heterocycles. The third-order valence-electron chi connectivity index (χ3n) is 4.21. The average molecular weight is 242 g/mol. The van der Waals surface area contributed by atoms with E-state index in [0.717, 1.165) is 32.4 Å². The van der Waals surface area contributed by atoms with E-state index in [9.17, 15) is 9.90 Å². The molecule has 0 bridgehead atoms. The normalized spacial score (nSPS) is 22.6. The van der Waals surface area contributed by atoms with E-state index in [4.69, 9.17) is 0 Å². The van der Waals surface area contributed by atoms with Crippen LogP contribution in [0.5, 0.6) is 0 Å². The van der Waals surface area contributed by atoms with Crippen LogP contribution in [0, 0.1) is 0 Å². The SMILES string of the molecule is CCCC(C)(C(=O)O)N(C)C1CCN(C)CC1. The zero-order valence-electron chi connectivity index (χ0n) is 11.6. The summed E-state index contributed by atoms with van der Waals surface area (Å²) in [7, 11) is 4.10. The van der Waals surface area contributed by atoms with Gasteiger partial charge in [0.2, 0.25) is 0 Å². The second-order valence-corrected chi connectivity index (χ2v) is 5.47. The second-order valence-electron chi connectivity index (χ2n) is 5.47. The molecule has 4 nitrogen and oxygen atoms in total. The van der Waals surface area contributed by atoms with Crippen molar-refractivity contribution in [2.24, 2.45) is 0 Å². The zero-order chi connectivity index (χ0) is 13.1. The quantitative estimate of drug-likeness (QED) is 0.796. The summed E-state index contributed by atoms with van der Waals surface area (Å²) in [5, 5.41) is 9.46. The lowest BCUT2D eigenvalue weighted by Gasteiger charge is -2.43. The molecule has 1 heterocycles. The highest BCUT2D eigenvalue weighted by atomic mass is 16.4. The number of carboxylic acids is 1. The van der Waals surface area contributed by atoms with Crippen molar-refractivity contribution >= 4 is 5.97 Å². The monoisotopic (exact) mass is 242 g/mol. The van der Waals surface area contributed by atoms with Gasteiger partial charge in [0, 0.05) is 6.04 Å². The van der Waals surface area contributed by atoms with Crippen LogP contribution in [0.1, 0.15) is 39.5 Å². The number of likely N-dealkylation sites (tertiary alicyclic amines) is 1. The highest BCUT2D eigenvalue weighted by Gasteiger charge is 2.40. The first-order valence-electron chi connectivity index (χ1n) is 6.56. The van der Waals surface area contributed by atoms with Gasteiger partial charge in [0.05, 0.1) is 0 Å². The highest BCUT2D eigenvalue weighted by molar-refractivity contribution is 5.78. The Morgan fingerprint density at radius 2 is 2.00 bits per heavy atom. The van der Waals surface area contributed by atoms with E-state index in [-0.39, 0.29) is 0 Å². The van der Waals surface area contributed by atoms with E-state index in [1.807, 2.05) is 20.9 Å². The molecule has 1 aliphatic heterocycles. The maximum absolute atomic E-state index is 11.5. The molecule has 0 aromatic rings. The second kappa shape index (κ2) is 5.83. The third-order valence-corrected chi connectivity index (χ3v) is 4.21. The first kappa shape index (κ1) is 14.5. The van der Waals surface area contributed by atoms with Crippen molar-refractivity contribution in [3.05, 3.63) is 0 Å². The molecule has 0 saturated carbocycles. The van der Waals surface area contributed by atoms with E-state index >= 15 is 0 Å². The summed E-state index contributed by atoms with van der Waals surface area (Å²) < 4.78 is 0. The summed E-state index contributed by atoms with van der Waals surface area (Å²) in [5.41, 5.74) is -0.713. The van der Waals surface area contributed by atoms with Crippen LogP contribution >= 0.6 is 0 Å². The van der Waals surface area contributed by atoms with Gasteiger partial charge in [0.15, 0.2) is 0 Å². The van der Waals surface area contributed by atoms with Gasteiger partial charge in [0.25, 0.3) is 0 Å². The standard InChI is InChI=1S/C13H26N2O2/c1-5-8-13(2,12(16)17)15(4)11-6-9-14(3)10-7-11/h11H,5-10H2,1-4H3,(H,16,17). The van der Waals surface area contributed by atoms with E-state index in [0.29, 0.717) is 12.5 Å². The Hall–Kier alpha value is -0.610. The molecule has 17 heavy (non-hydrogen) atoms. The average Bonchev–Trinajstić information content (AvgIpc) is 2.29. The molecule has 0 aliphatic carbocycles. The van der Waals surface area contributed by atoms with Crippen molar-refractivity contribution in [1.29, 1.82) is 0 Å². The van der Waals surface area contributed by atoms with Crippen molar-refractivity contribution in [3.8, 4) is 0 Å². The molecule has 0 spiro atoms. The number of nitrogens with zero attached hydrogens (tertiary/aromatic N) is 2. The molecule has 4 heteroatoms. The highest BCUT2D eigenvalue weighted by Crippen LogP contribution is 2.26. The van der Waals surface area contributed by atoms with Gasteiger partial charge in [-0.05, 0) is 53.4 Å². The zero-order valence-corrected chi connectivity index (χ0v) is 11.6. The van der Waals surface area contributed by atoms with Gasteiger partial charge in [-0.15, -0.1) is 0 Å². The number of hydrogen-bond donors (Lipinski definition) is 1. The minimum Gasteiger partial charge on any atom is -0.480 e. The topological polar surface area (TPSA) is 43.8 Å². The predicted molar refractivity (Wildman–Crippen MR) is 69.2 cm³/mol. The van der Waals surface area contributed by atoms with Crippen LogP contribution in [0.25, 0.3) is 0 Å². The van der Waals surface area contributed by atoms with Gasteiger partial charge in [-0.1, -0.05) is 13.3 Å². The molecule has 1 aliphatic rings. The number of piperidine rings is 1. The smallest absolute Gasteiger partial charge is 0.323 e. The van der Waals surface area contributed by atoms with Crippen LogP contribution in [-0.4, -0.2) is 59.6 Å². The van der Waals surface area contributed by atoms with Crippen LogP contribution in [0.2, 0.25) is 0 Å². The minimum atomic E-state index is -0.713. The number of rotatable bonds is 5. The van der Waals surface area contributed by atoms with Crippen molar-refractivity contribution in [2.45, 2.75) is 51.1 Å². The lowest BCUT2D eigenvalue weighted by atomic mass is 9.90. The number of carboxylic acid groups (broad SMARTS) is 1. The number of likely N-dealkylation sites (N-methyl/N-ethyl adjacent to an activating group) is 1. The molecule has 1 rings (SSSR count). The predicted octanol–water partition coefficient (Wildman–Crippen LogP) is 1.66. The molecule has 1 atom stereocenters. The number of carbonyl (C=O) groups is 1. The van der Waals surface area contributed by atoms with Crippen LogP contribution < -0.4 is 0 Å². The Kier molecular flexibility index (Phi) is 4.95. The lowest BCUT2D eigenvalue weighted by Crippen LogP contribution is -2.56. The maximum Gasteiger partial charge on any atom is 0.323 e. The molecule has 1 N–H and O–H groups in total. The number of aliphatic carboxylic acids is 1. The number of hydrogen-bond acceptors (Lipinski definition) is 3. The lowest BCUT2D eigenvalue weighted by molar-refractivity contribution is -0.152. The molecule has 0 aromatic carbocycles. The maximum atomic E-state index is 11.5. The molecule has 1 unspecified atom stereocenters. The molecular formula is C13H26N2O2. The first-order valence-corrected chi connectivity index (χ1v) is 6.56. The summed E-state index contributed by atoms with van der Waals surface area (Å²) in [6, 6.07) is 0.402. The Morgan fingerprint density at radius 1 is 1.47 bits per heavy atom. The molecule has 1 saturated heterocycles. The van der Waals surface area contributed by atoms with Crippen LogP contribution in [0.4, 0.5) is 0 Å². The van der Waals surface area contributed by atoms with Crippen molar-refractivity contribution < 1.29 is 9.90 Å².